The van der Waals surface area contributed by atoms with Gasteiger partial charge in [0.05, 0.1) is 6.04 Å². The number of aliphatic imine (C=N–C) groups is 1. The minimum Gasteiger partial charge on any atom is -0.355 e. The molecule has 28 heavy (non-hydrogen) atoms. The summed E-state index contributed by atoms with van der Waals surface area (Å²) < 4.78 is 0. The fourth-order valence-corrected chi connectivity index (χ4v) is 4.86. The predicted octanol–water partition coefficient (Wildman–Crippen LogP) is 3.52. The molecular weight excluding hydrogens is 370 g/mol. The zero-order valence-corrected chi connectivity index (χ0v) is 18.4. The van der Waals surface area contributed by atoms with E-state index in [1.165, 1.54) is 58.3 Å². The monoisotopic (exact) mass is 405 g/mol. The van der Waals surface area contributed by atoms with Gasteiger partial charge in [0.1, 0.15) is 0 Å². The van der Waals surface area contributed by atoms with Crippen LogP contribution in [0.4, 0.5) is 0 Å². The lowest BCUT2D eigenvalue weighted by Crippen LogP contribution is -2.62. The summed E-state index contributed by atoms with van der Waals surface area (Å²) in [6, 6.07) is 8.10. The molecule has 156 valence electrons. The van der Waals surface area contributed by atoms with Gasteiger partial charge in [-0.15, -0.1) is 0 Å². The third-order valence-corrected chi connectivity index (χ3v) is 6.82. The highest BCUT2D eigenvalue weighted by Crippen LogP contribution is 2.31. The molecule has 3 rings (SSSR count). The van der Waals surface area contributed by atoms with E-state index < -0.39 is 0 Å². The van der Waals surface area contributed by atoms with E-state index in [4.69, 9.17) is 11.6 Å². The standard InChI is InChI=1S/C22H36ClN5/c1-18(19-9-5-6-10-20(19)23)26-21(24-2)25-17-22(11-15-27(3)16-12-22)28-13-7-4-8-14-28/h5-6,9-10,18H,4,7-8,11-17H2,1-3H3,(H2,24,25,26). The summed E-state index contributed by atoms with van der Waals surface area (Å²) in [6.45, 7) is 7.86. The number of benzene rings is 1. The maximum absolute atomic E-state index is 6.37. The number of likely N-dealkylation sites (tertiary alicyclic amines) is 2. The van der Waals surface area contributed by atoms with Gasteiger partial charge in [0, 0.05) is 24.2 Å². The van der Waals surface area contributed by atoms with Crippen molar-refractivity contribution in [2.24, 2.45) is 4.99 Å². The van der Waals surface area contributed by atoms with Crippen LogP contribution in [0.25, 0.3) is 0 Å². The second-order valence-electron chi connectivity index (χ2n) is 8.39. The van der Waals surface area contributed by atoms with Crippen LogP contribution in [0, 0.1) is 0 Å². The van der Waals surface area contributed by atoms with Gasteiger partial charge in [-0.2, -0.15) is 0 Å². The average molecular weight is 406 g/mol. The Kier molecular flexibility index (Phi) is 7.61. The van der Waals surface area contributed by atoms with Crippen LogP contribution in [0.2, 0.25) is 5.02 Å². The molecule has 1 aromatic carbocycles. The highest BCUT2D eigenvalue weighted by atomic mass is 35.5. The summed E-state index contributed by atoms with van der Waals surface area (Å²) in [5.41, 5.74) is 1.33. The molecule has 1 atom stereocenters. The van der Waals surface area contributed by atoms with Crippen molar-refractivity contribution in [3.8, 4) is 0 Å². The fourth-order valence-electron chi connectivity index (χ4n) is 4.56. The van der Waals surface area contributed by atoms with Gasteiger partial charge in [-0.3, -0.25) is 9.89 Å². The van der Waals surface area contributed by atoms with E-state index in [0.717, 1.165) is 23.1 Å². The van der Waals surface area contributed by atoms with Gasteiger partial charge in [-0.05, 0) is 77.5 Å². The number of rotatable bonds is 5. The smallest absolute Gasteiger partial charge is 0.191 e. The summed E-state index contributed by atoms with van der Waals surface area (Å²) in [7, 11) is 4.08. The van der Waals surface area contributed by atoms with Gasteiger partial charge < -0.3 is 15.5 Å². The average Bonchev–Trinajstić information content (AvgIpc) is 2.73. The van der Waals surface area contributed by atoms with Crippen LogP contribution in [0.5, 0.6) is 0 Å². The third kappa shape index (κ3) is 5.19. The Morgan fingerprint density at radius 3 is 2.46 bits per heavy atom. The molecule has 2 aliphatic heterocycles. The number of halogens is 1. The summed E-state index contributed by atoms with van der Waals surface area (Å²) >= 11 is 6.37. The predicted molar refractivity (Wildman–Crippen MR) is 119 cm³/mol. The first-order chi connectivity index (χ1) is 13.5. The Bertz CT molecular complexity index is 648. The molecule has 0 aliphatic carbocycles. The minimum atomic E-state index is 0.100. The molecule has 0 aromatic heterocycles. The van der Waals surface area contributed by atoms with E-state index in [2.05, 4.69) is 45.5 Å². The van der Waals surface area contributed by atoms with Gasteiger partial charge in [0.25, 0.3) is 0 Å². The maximum atomic E-state index is 6.37. The van der Waals surface area contributed by atoms with Crippen molar-refractivity contribution >= 4 is 17.6 Å². The minimum absolute atomic E-state index is 0.100. The highest BCUT2D eigenvalue weighted by molar-refractivity contribution is 6.31. The second-order valence-corrected chi connectivity index (χ2v) is 8.80. The first-order valence-corrected chi connectivity index (χ1v) is 11.1. The van der Waals surface area contributed by atoms with Crippen LogP contribution in [0.3, 0.4) is 0 Å². The lowest BCUT2D eigenvalue weighted by atomic mass is 9.84. The number of hydrogen-bond acceptors (Lipinski definition) is 3. The molecule has 2 aliphatic rings. The lowest BCUT2D eigenvalue weighted by molar-refractivity contribution is 0.0173. The van der Waals surface area contributed by atoms with Crippen molar-refractivity contribution in [2.45, 2.75) is 50.6 Å². The molecule has 0 amide bonds. The summed E-state index contributed by atoms with van der Waals surface area (Å²) in [5, 5.41) is 7.96. The number of nitrogens with zero attached hydrogens (tertiary/aromatic N) is 3. The highest BCUT2D eigenvalue weighted by Gasteiger charge is 2.39. The zero-order chi connectivity index (χ0) is 20.0. The fraction of sp³-hybridized carbons (Fsp3) is 0.682. The molecule has 0 saturated carbocycles. The number of guanidine groups is 1. The molecular formula is C22H36ClN5. The van der Waals surface area contributed by atoms with Crippen molar-refractivity contribution in [3.63, 3.8) is 0 Å². The molecule has 1 aromatic rings. The Morgan fingerprint density at radius 2 is 1.82 bits per heavy atom. The van der Waals surface area contributed by atoms with Crippen LogP contribution in [-0.2, 0) is 0 Å². The molecule has 0 radical (unpaired) electrons. The van der Waals surface area contributed by atoms with Gasteiger partial charge in [-0.25, -0.2) is 0 Å². The van der Waals surface area contributed by atoms with Gasteiger partial charge in [0.15, 0.2) is 5.96 Å². The molecule has 2 N–H and O–H groups in total. The van der Waals surface area contributed by atoms with Crippen molar-refractivity contribution < 1.29 is 0 Å². The molecule has 2 fully saturated rings. The lowest BCUT2D eigenvalue weighted by Gasteiger charge is -2.50. The number of hydrogen-bond donors (Lipinski definition) is 2. The zero-order valence-electron chi connectivity index (χ0n) is 17.7. The van der Waals surface area contributed by atoms with Crippen molar-refractivity contribution in [2.75, 3.05) is 46.8 Å². The van der Waals surface area contributed by atoms with E-state index in [0.29, 0.717) is 0 Å². The van der Waals surface area contributed by atoms with Gasteiger partial charge in [0.2, 0.25) is 0 Å². The Balaban J connectivity index is 1.64. The van der Waals surface area contributed by atoms with Crippen molar-refractivity contribution in [1.82, 2.24) is 20.4 Å². The van der Waals surface area contributed by atoms with Crippen LogP contribution in [0.1, 0.15) is 50.6 Å². The quantitative estimate of drug-likeness (QED) is 0.581. The van der Waals surface area contributed by atoms with Crippen LogP contribution < -0.4 is 10.6 Å². The maximum Gasteiger partial charge on any atom is 0.191 e. The van der Waals surface area contributed by atoms with E-state index in [1.807, 2.05) is 25.2 Å². The molecule has 5 nitrogen and oxygen atoms in total. The summed E-state index contributed by atoms with van der Waals surface area (Å²) in [6.07, 6.45) is 6.46. The normalized spacial score (nSPS) is 22.6. The topological polar surface area (TPSA) is 42.9 Å². The van der Waals surface area contributed by atoms with E-state index in [9.17, 15) is 0 Å². The Hall–Kier alpha value is -1.30. The first kappa shape index (κ1) is 21.4. The molecule has 2 saturated heterocycles. The molecule has 6 heteroatoms. The second kappa shape index (κ2) is 9.95. The summed E-state index contributed by atoms with van der Waals surface area (Å²) in [4.78, 5) is 9.69. The first-order valence-electron chi connectivity index (χ1n) is 10.7. The van der Waals surface area contributed by atoms with Crippen molar-refractivity contribution in [1.29, 1.82) is 0 Å². The Morgan fingerprint density at radius 1 is 1.14 bits per heavy atom. The van der Waals surface area contributed by atoms with E-state index in [-0.39, 0.29) is 11.6 Å². The Labute approximate surface area is 175 Å². The molecule has 2 heterocycles. The van der Waals surface area contributed by atoms with E-state index >= 15 is 0 Å². The van der Waals surface area contributed by atoms with Gasteiger partial charge in [-0.1, -0.05) is 36.2 Å². The van der Waals surface area contributed by atoms with E-state index in [1.54, 1.807) is 0 Å². The molecule has 0 bridgehead atoms. The summed E-state index contributed by atoms with van der Waals surface area (Å²) in [5.74, 6) is 0.850. The third-order valence-electron chi connectivity index (χ3n) is 6.48. The SMILES string of the molecule is CN=C(NCC1(N2CCCCC2)CCN(C)CC1)NC(C)c1ccccc1Cl. The van der Waals surface area contributed by atoms with Crippen molar-refractivity contribution in [3.05, 3.63) is 34.9 Å². The largest absolute Gasteiger partial charge is 0.355 e. The molecule has 0 spiro atoms. The van der Waals surface area contributed by atoms with Crippen LogP contribution in [-0.4, -0.2) is 68.1 Å². The molecule has 1 unspecified atom stereocenters. The van der Waals surface area contributed by atoms with Gasteiger partial charge >= 0.3 is 0 Å². The van der Waals surface area contributed by atoms with Crippen LogP contribution >= 0.6 is 11.6 Å². The number of piperidine rings is 2. The number of nitrogens with one attached hydrogen (secondary N) is 2. The van der Waals surface area contributed by atoms with Crippen LogP contribution in [0.15, 0.2) is 29.3 Å².